The van der Waals surface area contributed by atoms with Crippen molar-refractivity contribution in [2.24, 2.45) is 5.73 Å². The van der Waals surface area contributed by atoms with Gasteiger partial charge in [-0.1, -0.05) is 12.2 Å². The average Bonchev–Trinajstić information content (AvgIpc) is 2.36. The van der Waals surface area contributed by atoms with Gasteiger partial charge in [-0.15, -0.1) is 5.10 Å². The van der Waals surface area contributed by atoms with Crippen LogP contribution in [-0.4, -0.2) is 15.2 Å². The summed E-state index contributed by atoms with van der Waals surface area (Å²) < 4.78 is 27.1. The van der Waals surface area contributed by atoms with Crippen molar-refractivity contribution in [3.63, 3.8) is 0 Å². The Morgan fingerprint density at radius 1 is 1.32 bits per heavy atom. The monoisotopic (exact) mass is 280 g/mol. The van der Waals surface area contributed by atoms with Crippen LogP contribution in [0.1, 0.15) is 11.1 Å². The molecule has 2 aromatic rings. The Bertz CT molecular complexity index is 646. The summed E-state index contributed by atoms with van der Waals surface area (Å²) in [4.78, 5) is 0.0883. The first kappa shape index (κ1) is 13.3. The average molecular weight is 280 g/mol. The van der Waals surface area contributed by atoms with E-state index in [0.29, 0.717) is 5.56 Å². The lowest BCUT2D eigenvalue weighted by atomic mass is 10.2. The van der Waals surface area contributed by atoms with Gasteiger partial charge in [0.25, 0.3) is 0 Å². The SMILES string of the molecule is Cc1cc(F)c(Nc2nnccc2C(N)=S)cc1F. The first-order valence-electron chi connectivity index (χ1n) is 5.33. The number of thiocarbonyl (C=S) groups is 1. The minimum atomic E-state index is -0.599. The van der Waals surface area contributed by atoms with E-state index in [1.54, 1.807) is 6.07 Å². The van der Waals surface area contributed by atoms with E-state index in [1.165, 1.54) is 13.1 Å². The van der Waals surface area contributed by atoms with Gasteiger partial charge in [-0.2, -0.15) is 5.10 Å². The predicted molar refractivity (Wildman–Crippen MR) is 72.3 cm³/mol. The van der Waals surface area contributed by atoms with Crippen LogP contribution in [0.3, 0.4) is 0 Å². The van der Waals surface area contributed by atoms with E-state index in [4.69, 9.17) is 18.0 Å². The van der Waals surface area contributed by atoms with E-state index in [2.05, 4.69) is 15.5 Å². The normalized spacial score (nSPS) is 10.3. The van der Waals surface area contributed by atoms with E-state index < -0.39 is 11.6 Å². The van der Waals surface area contributed by atoms with E-state index in [0.717, 1.165) is 12.1 Å². The Balaban J connectivity index is 2.42. The number of nitrogens with one attached hydrogen (secondary N) is 1. The minimum Gasteiger partial charge on any atom is -0.389 e. The van der Waals surface area contributed by atoms with Crippen LogP contribution in [0.25, 0.3) is 0 Å². The Morgan fingerprint density at radius 2 is 2.05 bits per heavy atom. The van der Waals surface area contributed by atoms with Crippen molar-refractivity contribution < 1.29 is 8.78 Å². The number of hydrogen-bond donors (Lipinski definition) is 2. The van der Waals surface area contributed by atoms with Crippen molar-refractivity contribution >= 4 is 28.7 Å². The molecule has 1 aromatic carbocycles. The fourth-order valence-electron chi connectivity index (χ4n) is 1.49. The Hall–Kier alpha value is -2.15. The number of aryl methyl sites for hydroxylation is 1. The Labute approximate surface area is 113 Å². The van der Waals surface area contributed by atoms with Crippen LogP contribution in [0.15, 0.2) is 24.4 Å². The highest BCUT2D eigenvalue weighted by atomic mass is 32.1. The summed E-state index contributed by atoms with van der Waals surface area (Å²) in [6.07, 6.45) is 1.41. The van der Waals surface area contributed by atoms with Crippen LogP contribution < -0.4 is 11.1 Å². The second kappa shape index (κ2) is 5.23. The molecule has 1 heterocycles. The van der Waals surface area contributed by atoms with Crippen LogP contribution in [0.5, 0.6) is 0 Å². The summed E-state index contributed by atoms with van der Waals surface area (Å²) in [5, 5.41) is 10.1. The molecule has 0 bridgehead atoms. The van der Waals surface area contributed by atoms with E-state index in [1.807, 2.05) is 0 Å². The quantitative estimate of drug-likeness (QED) is 0.845. The lowest BCUT2D eigenvalue weighted by molar-refractivity contribution is 0.595. The van der Waals surface area contributed by atoms with Crippen molar-refractivity contribution in [2.75, 3.05) is 5.32 Å². The van der Waals surface area contributed by atoms with Crippen molar-refractivity contribution in [3.05, 3.63) is 47.2 Å². The van der Waals surface area contributed by atoms with Gasteiger partial charge in [0.1, 0.15) is 16.6 Å². The van der Waals surface area contributed by atoms with Crippen LogP contribution in [0.2, 0.25) is 0 Å². The third-order valence-electron chi connectivity index (χ3n) is 2.49. The molecule has 3 N–H and O–H groups in total. The van der Waals surface area contributed by atoms with Crippen LogP contribution in [0, 0.1) is 18.6 Å². The fraction of sp³-hybridized carbons (Fsp3) is 0.0833. The number of aromatic nitrogens is 2. The number of nitrogens with zero attached hydrogens (tertiary/aromatic N) is 2. The molecule has 0 saturated heterocycles. The second-order valence-electron chi connectivity index (χ2n) is 3.86. The molecule has 0 spiro atoms. The Morgan fingerprint density at radius 3 is 2.74 bits per heavy atom. The molecule has 0 aliphatic carbocycles. The van der Waals surface area contributed by atoms with Crippen molar-refractivity contribution in [1.82, 2.24) is 10.2 Å². The molecule has 2 rings (SSSR count). The maximum atomic E-state index is 13.7. The third-order valence-corrected chi connectivity index (χ3v) is 2.71. The van der Waals surface area contributed by atoms with Gasteiger partial charge in [-0.3, -0.25) is 0 Å². The van der Waals surface area contributed by atoms with E-state index in [9.17, 15) is 8.78 Å². The third kappa shape index (κ3) is 2.82. The van der Waals surface area contributed by atoms with Crippen molar-refractivity contribution in [2.45, 2.75) is 6.92 Å². The zero-order chi connectivity index (χ0) is 14.0. The molecule has 0 radical (unpaired) electrons. The highest BCUT2D eigenvalue weighted by molar-refractivity contribution is 7.80. The van der Waals surface area contributed by atoms with E-state index >= 15 is 0 Å². The van der Waals surface area contributed by atoms with Gasteiger partial charge < -0.3 is 11.1 Å². The molecular formula is C12H10F2N4S. The zero-order valence-electron chi connectivity index (χ0n) is 9.95. The van der Waals surface area contributed by atoms with Gasteiger partial charge in [0.05, 0.1) is 17.4 Å². The number of hydrogen-bond acceptors (Lipinski definition) is 4. The molecule has 0 unspecified atom stereocenters. The molecule has 0 amide bonds. The zero-order valence-corrected chi connectivity index (χ0v) is 10.8. The molecule has 4 nitrogen and oxygen atoms in total. The molecular weight excluding hydrogens is 270 g/mol. The largest absolute Gasteiger partial charge is 0.389 e. The predicted octanol–water partition coefficient (Wildman–Crippen LogP) is 2.44. The second-order valence-corrected chi connectivity index (χ2v) is 4.30. The van der Waals surface area contributed by atoms with Crippen molar-refractivity contribution in [1.29, 1.82) is 0 Å². The van der Waals surface area contributed by atoms with Gasteiger partial charge in [0.15, 0.2) is 5.82 Å². The standard InChI is InChI=1S/C12H10F2N4S/c1-6-4-9(14)10(5-8(6)13)17-12-7(11(15)19)2-3-16-18-12/h2-5H,1H3,(H2,15,19)(H,17,18). The fourth-order valence-corrected chi connectivity index (χ4v) is 1.66. The van der Waals surface area contributed by atoms with Gasteiger partial charge in [0.2, 0.25) is 0 Å². The van der Waals surface area contributed by atoms with Gasteiger partial charge in [0, 0.05) is 6.07 Å². The Kier molecular flexibility index (Phi) is 3.66. The van der Waals surface area contributed by atoms with Crippen LogP contribution in [-0.2, 0) is 0 Å². The van der Waals surface area contributed by atoms with Crippen molar-refractivity contribution in [3.8, 4) is 0 Å². The maximum Gasteiger partial charge on any atom is 0.163 e. The molecule has 98 valence electrons. The highest BCUT2D eigenvalue weighted by Gasteiger charge is 2.12. The summed E-state index contributed by atoms with van der Waals surface area (Å²) in [5.74, 6) is -0.944. The summed E-state index contributed by atoms with van der Waals surface area (Å²) in [7, 11) is 0. The number of rotatable bonds is 3. The first-order valence-corrected chi connectivity index (χ1v) is 5.74. The minimum absolute atomic E-state index is 0.0545. The molecule has 0 saturated carbocycles. The summed E-state index contributed by atoms with van der Waals surface area (Å²) >= 11 is 4.85. The molecule has 7 heteroatoms. The molecule has 0 aliphatic rings. The molecule has 0 aliphatic heterocycles. The lowest BCUT2D eigenvalue weighted by Crippen LogP contribution is -2.13. The summed E-state index contributed by atoms with van der Waals surface area (Å²) in [6.45, 7) is 1.48. The smallest absolute Gasteiger partial charge is 0.163 e. The molecule has 1 aromatic heterocycles. The van der Waals surface area contributed by atoms with Gasteiger partial charge >= 0.3 is 0 Å². The van der Waals surface area contributed by atoms with E-state index in [-0.39, 0.29) is 22.1 Å². The highest BCUT2D eigenvalue weighted by Crippen LogP contribution is 2.23. The first-order chi connectivity index (χ1) is 8.99. The lowest BCUT2D eigenvalue weighted by Gasteiger charge is -2.10. The number of anilines is 2. The molecule has 19 heavy (non-hydrogen) atoms. The van der Waals surface area contributed by atoms with Gasteiger partial charge in [-0.25, -0.2) is 8.78 Å². The van der Waals surface area contributed by atoms with Crippen LogP contribution in [0.4, 0.5) is 20.3 Å². The number of benzene rings is 1. The number of nitrogens with two attached hydrogens (primary N) is 1. The van der Waals surface area contributed by atoms with Crippen LogP contribution >= 0.6 is 12.2 Å². The topological polar surface area (TPSA) is 63.8 Å². The molecule has 0 fully saturated rings. The van der Waals surface area contributed by atoms with Gasteiger partial charge in [-0.05, 0) is 24.6 Å². The summed E-state index contributed by atoms with van der Waals surface area (Å²) in [5.41, 5.74) is 6.09. The molecule has 0 atom stereocenters. The maximum absolute atomic E-state index is 13.7. The number of halogens is 2. The summed E-state index contributed by atoms with van der Waals surface area (Å²) in [6, 6.07) is 3.68.